The first-order valence-corrected chi connectivity index (χ1v) is 12.6. The molecule has 0 saturated carbocycles. The van der Waals surface area contributed by atoms with Crippen LogP contribution in [-0.4, -0.2) is 36.0 Å². The van der Waals surface area contributed by atoms with Gasteiger partial charge < -0.3 is 9.47 Å². The lowest BCUT2D eigenvalue weighted by atomic mass is 9.86. The fourth-order valence-corrected chi connectivity index (χ4v) is 4.94. The quantitative estimate of drug-likeness (QED) is 0.318. The van der Waals surface area contributed by atoms with Crippen molar-refractivity contribution in [2.24, 2.45) is 0 Å². The molecule has 0 spiro atoms. The number of hydrogen-bond donors (Lipinski definition) is 0. The Morgan fingerprint density at radius 3 is 1.90 bits per heavy atom. The summed E-state index contributed by atoms with van der Waals surface area (Å²) in [5.41, 5.74) is -6.65. The Hall–Kier alpha value is -3.65. The van der Waals surface area contributed by atoms with Gasteiger partial charge in [-0.3, -0.25) is 9.80 Å². The number of carbonyl (C=O) groups is 2. The average Bonchev–Trinajstić information content (AvgIpc) is 2.88. The van der Waals surface area contributed by atoms with Crippen LogP contribution in [0.25, 0.3) is 0 Å². The molecule has 3 rings (SSSR count). The van der Waals surface area contributed by atoms with Gasteiger partial charge in [0.25, 0.3) is 0 Å². The number of anilines is 1. The second-order valence-corrected chi connectivity index (χ2v) is 9.92. The highest BCUT2D eigenvalue weighted by Gasteiger charge is 2.51. The fraction of sp³-hybridized carbons (Fsp3) is 0.481. The average molecular weight is 615 g/mol. The number of methoxy groups -OCH3 is 1. The molecule has 0 fully saturated rings. The summed E-state index contributed by atoms with van der Waals surface area (Å²) in [5, 5.41) is 0. The highest BCUT2D eigenvalue weighted by Crippen LogP contribution is 2.45. The molecule has 232 valence electrons. The lowest BCUT2D eigenvalue weighted by Gasteiger charge is -2.52. The van der Waals surface area contributed by atoms with Crippen molar-refractivity contribution in [2.75, 3.05) is 12.0 Å². The number of hydrogen-bond acceptors (Lipinski definition) is 4. The third-order valence-electron chi connectivity index (χ3n) is 6.83. The number of rotatable bonds is 5. The smallest absolute Gasteiger partial charge is 0.416 e. The number of nitrogens with zero attached hydrogens (tertiary/aromatic N) is 2. The molecule has 0 N–H and O–H groups in total. The van der Waals surface area contributed by atoms with Crippen molar-refractivity contribution in [3.8, 4) is 0 Å². The highest BCUT2D eigenvalue weighted by atomic mass is 19.4. The second kappa shape index (κ2) is 11.6. The van der Waals surface area contributed by atoms with E-state index >= 15 is 0 Å². The summed E-state index contributed by atoms with van der Waals surface area (Å²) in [6.07, 6.45) is -18.6. The second-order valence-electron chi connectivity index (χ2n) is 9.92. The van der Waals surface area contributed by atoms with Crippen molar-refractivity contribution in [1.29, 1.82) is 0 Å². The van der Waals surface area contributed by atoms with E-state index in [1.54, 1.807) is 0 Å². The minimum absolute atomic E-state index is 0.0665. The maximum Gasteiger partial charge on any atom is 0.416 e. The van der Waals surface area contributed by atoms with Crippen LogP contribution in [-0.2, 0) is 41.0 Å². The van der Waals surface area contributed by atoms with Crippen molar-refractivity contribution in [2.45, 2.75) is 76.9 Å². The first kappa shape index (κ1) is 32.9. The monoisotopic (exact) mass is 614 g/mol. The van der Waals surface area contributed by atoms with E-state index in [9.17, 15) is 49.1 Å². The van der Waals surface area contributed by atoms with E-state index in [2.05, 4.69) is 0 Å². The zero-order valence-corrected chi connectivity index (χ0v) is 22.8. The normalized spacial score (nSPS) is 17.6. The zero-order chi connectivity index (χ0) is 31.8. The van der Waals surface area contributed by atoms with Gasteiger partial charge in [0.1, 0.15) is 5.66 Å². The van der Waals surface area contributed by atoms with Crippen LogP contribution >= 0.6 is 0 Å². The van der Waals surface area contributed by atoms with Gasteiger partial charge in [-0.2, -0.15) is 39.5 Å². The molecule has 15 heteroatoms. The van der Waals surface area contributed by atoms with Gasteiger partial charge in [0.15, 0.2) is 0 Å². The third kappa shape index (κ3) is 6.70. The lowest BCUT2D eigenvalue weighted by molar-refractivity contribution is -0.143. The van der Waals surface area contributed by atoms with E-state index in [0.717, 1.165) is 29.0 Å². The topological polar surface area (TPSA) is 59.1 Å². The third-order valence-corrected chi connectivity index (χ3v) is 6.83. The number of carbonyl (C=O) groups excluding carboxylic acids is 2. The van der Waals surface area contributed by atoms with Crippen LogP contribution in [0, 0.1) is 0 Å². The van der Waals surface area contributed by atoms with Crippen LogP contribution < -0.4 is 4.90 Å². The molecular weight excluding hydrogens is 587 g/mol. The van der Waals surface area contributed by atoms with E-state index in [4.69, 9.17) is 9.47 Å². The van der Waals surface area contributed by atoms with Gasteiger partial charge in [-0.05, 0) is 80.6 Å². The number of alkyl halides is 9. The lowest BCUT2D eigenvalue weighted by Crippen LogP contribution is -2.66. The molecule has 0 bridgehead atoms. The predicted molar refractivity (Wildman–Crippen MR) is 131 cm³/mol. The van der Waals surface area contributed by atoms with E-state index in [-0.39, 0.29) is 36.6 Å². The van der Waals surface area contributed by atoms with Gasteiger partial charge >= 0.3 is 30.7 Å². The molecule has 2 amide bonds. The van der Waals surface area contributed by atoms with Crippen LogP contribution in [0.2, 0.25) is 0 Å². The maximum atomic E-state index is 13.5. The number of halogens is 9. The van der Waals surface area contributed by atoms with Crippen LogP contribution in [0.1, 0.15) is 61.4 Å². The summed E-state index contributed by atoms with van der Waals surface area (Å²) in [6, 6.07) is 3.36. The Balaban J connectivity index is 2.25. The van der Waals surface area contributed by atoms with Gasteiger partial charge in [-0.15, -0.1) is 0 Å². The number of aryl methyl sites for hydroxylation is 1. The summed E-state index contributed by atoms with van der Waals surface area (Å²) in [6.45, 7) is 3.59. The van der Waals surface area contributed by atoms with E-state index < -0.39 is 71.3 Å². The summed E-state index contributed by atoms with van der Waals surface area (Å²) in [7, 11) is 0.926. The molecule has 1 aliphatic rings. The zero-order valence-electron chi connectivity index (χ0n) is 22.8. The predicted octanol–water partition coefficient (Wildman–Crippen LogP) is 8.42. The fourth-order valence-electron chi connectivity index (χ4n) is 4.94. The molecule has 1 aliphatic heterocycles. The summed E-state index contributed by atoms with van der Waals surface area (Å²) in [5.74, 6) is 0. The molecule has 42 heavy (non-hydrogen) atoms. The Kier molecular flexibility index (Phi) is 9.04. The molecule has 0 aliphatic carbocycles. The summed E-state index contributed by atoms with van der Waals surface area (Å²) < 4.78 is 132. The summed E-state index contributed by atoms with van der Waals surface area (Å²) >= 11 is 0. The molecule has 2 aromatic rings. The molecule has 0 saturated heterocycles. The molecule has 0 aromatic heterocycles. The van der Waals surface area contributed by atoms with Gasteiger partial charge in [0.05, 0.1) is 42.1 Å². The molecule has 1 atom stereocenters. The van der Waals surface area contributed by atoms with Crippen molar-refractivity contribution in [1.82, 2.24) is 4.90 Å². The van der Waals surface area contributed by atoms with Crippen LogP contribution in [0.3, 0.4) is 0 Å². The van der Waals surface area contributed by atoms with Crippen LogP contribution in [0.5, 0.6) is 0 Å². The first-order valence-electron chi connectivity index (χ1n) is 12.6. The SMILES string of the molecule is CCC1(N(Cc2cc(C(F)(F)F)cc(C(F)(F)F)c2)C(=O)OC)CCc2cc(C(F)(F)F)ccc2N1C(=O)OC(C)C. The first-order chi connectivity index (χ1) is 19.2. The minimum Gasteiger partial charge on any atom is -0.453 e. The van der Waals surface area contributed by atoms with Gasteiger partial charge in [-0.25, -0.2) is 9.59 Å². The van der Waals surface area contributed by atoms with Crippen LogP contribution in [0.15, 0.2) is 36.4 Å². The Morgan fingerprint density at radius 1 is 0.905 bits per heavy atom. The van der Waals surface area contributed by atoms with Crippen LogP contribution in [0.4, 0.5) is 54.8 Å². The Morgan fingerprint density at radius 2 is 1.45 bits per heavy atom. The standard InChI is InChI=1S/C27H27F9N2O4/c1-5-24(9-8-17-12-18(25(28,29)30)6-7-21(17)38(24)23(40)42-15(2)3)37(22(39)41-4)14-16-10-19(26(31,32)33)13-20(11-16)27(34,35)36/h6-7,10-13,15H,5,8-9,14H2,1-4H3. The highest BCUT2D eigenvalue weighted by molar-refractivity contribution is 5.92. The van der Waals surface area contributed by atoms with Crippen molar-refractivity contribution in [3.63, 3.8) is 0 Å². The van der Waals surface area contributed by atoms with E-state index in [1.807, 2.05) is 0 Å². The Labute approximate surface area is 235 Å². The number of fused-ring (bicyclic) bond motifs is 1. The van der Waals surface area contributed by atoms with E-state index in [0.29, 0.717) is 18.2 Å². The van der Waals surface area contributed by atoms with Gasteiger partial charge in [0, 0.05) is 0 Å². The molecule has 0 radical (unpaired) electrons. The van der Waals surface area contributed by atoms with Crippen molar-refractivity contribution >= 4 is 17.9 Å². The van der Waals surface area contributed by atoms with Gasteiger partial charge in [0.2, 0.25) is 0 Å². The molecule has 1 unspecified atom stereocenters. The van der Waals surface area contributed by atoms with Crippen molar-refractivity contribution in [3.05, 3.63) is 64.2 Å². The summed E-state index contributed by atoms with van der Waals surface area (Å²) in [4.78, 5) is 28.3. The molecule has 2 aromatic carbocycles. The molecule has 6 nitrogen and oxygen atoms in total. The van der Waals surface area contributed by atoms with E-state index in [1.165, 1.54) is 20.8 Å². The molecule has 1 heterocycles. The largest absolute Gasteiger partial charge is 0.453 e. The Bertz CT molecular complexity index is 1290. The van der Waals surface area contributed by atoms with Gasteiger partial charge in [-0.1, -0.05) is 6.92 Å². The maximum absolute atomic E-state index is 13.5. The molecular formula is C27H27F9N2O4. The van der Waals surface area contributed by atoms with Crippen molar-refractivity contribution < 1.29 is 58.6 Å². The minimum atomic E-state index is -5.17. The number of benzene rings is 2. The number of ether oxygens (including phenoxy) is 2. The number of amides is 2.